The number of aliphatic hydroxyl groups excluding tert-OH is 1. The minimum absolute atomic E-state index is 0.000142. The maximum absolute atomic E-state index is 13.5. The summed E-state index contributed by atoms with van der Waals surface area (Å²) in [6.07, 6.45) is -0.267. The van der Waals surface area contributed by atoms with Gasteiger partial charge in [-0.1, -0.05) is 42.4 Å². The molecule has 40 heavy (non-hydrogen) atoms. The van der Waals surface area contributed by atoms with Crippen LogP contribution >= 0.6 is 0 Å². The second kappa shape index (κ2) is 12.4. The van der Waals surface area contributed by atoms with Gasteiger partial charge in [-0.05, 0) is 51.6 Å². The Morgan fingerprint density at radius 3 is 2.58 bits per heavy atom. The molecule has 11 heteroatoms. The van der Waals surface area contributed by atoms with Crippen LogP contribution in [0, 0.1) is 19.8 Å². The maximum atomic E-state index is 13.5. The van der Waals surface area contributed by atoms with Crippen LogP contribution in [0.15, 0.2) is 57.9 Å². The number of nitrogens with one attached hydrogen (secondary N) is 1. The largest absolute Gasteiger partial charge is 0.488 e. The van der Waals surface area contributed by atoms with Gasteiger partial charge in [0.05, 0.1) is 19.1 Å². The molecule has 10 nitrogen and oxygen atoms in total. The highest BCUT2D eigenvalue weighted by Gasteiger charge is 2.31. The number of sulfonamides is 1. The van der Waals surface area contributed by atoms with Crippen molar-refractivity contribution in [3.63, 3.8) is 0 Å². The van der Waals surface area contributed by atoms with Gasteiger partial charge in [-0.2, -0.15) is 0 Å². The molecule has 1 amide bonds. The van der Waals surface area contributed by atoms with E-state index in [-0.39, 0.29) is 53.3 Å². The van der Waals surface area contributed by atoms with Crippen LogP contribution in [0.5, 0.6) is 5.75 Å². The van der Waals surface area contributed by atoms with Crippen LogP contribution in [-0.4, -0.2) is 73.3 Å². The molecule has 3 atom stereocenters. The Morgan fingerprint density at radius 2 is 1.93 bits per heavy atom. The summed E-state index contributed by atoms with van der Waals surface area (Å²) in [6.45, 7) is 8.56. The number of rotatable bonds is 9. The van der Waals surface area contributed by atoms with Gasteiger partial charge in [0.15, 0.2) is 10.7 Å². The van der Waals surface area contributed by atoms with Crippen molar-refractivity contribution in [3.8, 4) is 5.75 Å². The van der Waals surface area contributed by atoms with Gasteiger partial charge < -0.3 is 19.3 Å². The zero-order chi connectivity index (χ0) is 29.0. The third-order valence-electron chi connectivity index (χ3n) is 7.19. The molecule has 1 aromatic heterocycles. The lowest BCUT2D eigenvalue weighted by molar-refractivity contribution is -0.134. The van der Waals surface area contributed by atoms with Gasteiger partial charge in [-0.15, -0.1) is 0 Å². The summed E-state index contributed by atoms with van der Waals surface area (Å²) in [4.78, 5) is 17.3. The van der Waals surface area contributed by atoms with Gasteiger partial charge in [-0.25, -0.2) is 8.42 Å². The molecule has 0 unspecified atom stereocenters. The van der Waals surface area contributed by atoms with Gasteiger partial charge in [0.25, 0.3) is 10.0 Å². The van der Waals surface area contributed by atoms with Crippen molar-refractivity contribution in [2.75, 3.05) is 31.5 Å². The normalized spacial score (nSPS) is 18.9. The van der Waals surface area contributed by atoms with Crippen molar-refractivity contribution in [2.45, 2.75) is 57.7 Å². The predicted octanol–water partition coefficient (Wildman–Crippen LogP) is 3.37. The molecule has 0 spiro atoms. The van der Waals surface area contributed by atoms with Crippen molar-refractivity contribution in [2.24, 2.45) is 5.92 Å². The lowest BCUT2D eigenvalue weighted by Crippen LogP contribution is -2.47. The van der Waals surface area contributed by atoms with E-state index in [0.717, 1.165) is 6.54 Å². The molecule has 2 heterocycles. The Kier molecular flexibility index (Phi) is 9.17. The number of aromatic nitrogens is 1. The summed E-state index contributed by atoms with van der Waals surface area (Å²) >= 11 is 0. The molecule has 4 rings (SSSR count). The second-order valence-corrected chi connectivity index (χ2v) is 12.3. The van der Waals surface area contributed by atoms with Gasteiger partial charge >= 0.3 is 0 Å². The lowest BCUT2D eigenvalue weighted by atomic mass is 10.0. The van der Waals surface area contributed by atoms with Crippen molar-refractivity contribution >= 4 is 21.6 Å². The van der Waals surface area contributed by atoms with E-state index in [1.807, 2.05) is 39.1 Å². The fourth-order valence-electron chi connectivity index (χ4n) is 5.04. The Balaban J connectivity index is 1.65. The minimum atomic E-state index is -3.97. The van der Waals surface area contributed by atoms with Crippen LogP contribution in [0.2, 0.25) is 0 Å². The van der Waals surface area contributed by atoms with Crippen LogP contribution in [0.1, 0.15) is 36.4 Å². The number of likely N-dealkylation sites (N-methyl/N-ethyl adjacent to an activating group) is 1. The fourth-order valence-corrected chi connectivity index (χ4v) is 6.42. The van der Waals surface area contributed by atoms with Crippen LogP contribution in [-0.2, 0) is 27.8 Å². The van der Waals surface area contributed by atoms with E-state index >= 15 is 0 Å². The lowest BCUT2D eigenvalue weighted by Gasteiger charge is -2.34. The summed E-state index contributed by atoms with van der Waals surface area (Å²) < 4.78 is 40.4. The standard InChI is InChI=1S/C29H38N4O6S/c1-19-15-33(20(2)18-34)28(35)14-24-13-25(31-40(36,37)29-21(3)30-39-22(29)4)11-12-26(24)38-27(19)17-32(5)16-23-9-7-6-8-10-23/h6-13,19-20,27,31,34H,14-18H2,1-5H3/t19-,20+,27+/m0/s1. The van der Waals surface area contributed by atoms with E-state index in [1.54, 1.807) is 30.0 Å². The van der Waals surface area contributed by atoms with Crippen molar-refractivity contribution < 1.29 is 27.6 Å². The third-order valence-corrected chi connectivity index (χ3v) is 8.82. The highest BCUT2D eigenvalue weighted by Crippen LogP contribution is 2.31. The first kappa shape index (κ1) is 29.6. The number of carbonyl (C=O) groups excluding carboxylic acids is 1. The first-order valence-corrected chi connectivity index (χ1v) is 14.8. The minimum Gasteiger partial charge on any atom is -0.488 e. The summed E-state index contributed by atoms with van der Waals surface area (Å²) in [6, 6.07) is 14.7. The van der Waals surface area contributed by atoms with Crippen LogP contribution < -0.4 is 9.46 Å². The molecule has 0 fully saturated rings. The van der Waals surface area contributed by atoms with Crippen molar-refractivity contribution in [3.05, 3.63) is 71.1 Å². The molecular formula is C29H38N4O6S. The molecule has 3 aromatic rings. The number of carbonyl (C=O) groups is 1. The number of amides is 1. The van der Waals surface area contributed by atoms with Crippen molar-refractivity contribution in [1.29, 1.82) is 0 Å². The number of fused-ring (bicyclic) bond motifs is 1. The van der Waals surface area contributed by atoms with Crippen LogP contribution in [0.4, 0.5) is 5.69 Å². The first-order chi connectivity index (χ1) is 19.0. The van der Waals surface area contributed by atoms with Gasteiger partial charge in [-0.3, -0.25) is 14.4 Å². The maximum Gasteiger partial charge on any atom is 0.267 e. The molecule has 0 saturated heterocycles. The SMILES string of the molecule is Cc1noc(C)c1S(=O)(=O)Nc1ccc2c(c1)CC(=O)N([C@H](C)CO)C[C@H](C)[C@@H](CN(C)Cc1ccccc1)O2. The highest BCUT2D eigenvalue weighted by atomic mass is 32.2. The molecule has 1 aliphatic heterocycles. The molecule has 0 bridgehead atoms. The molecule has 1 aliphatic rings. The number of hydrogen-bond donors (Lipinski definition) is 2. The Hall–Kier alpha value is -3.41. The van der Waals surface area contributed by atoms with E-state index in [1.165, 1.54) is 12.5 Å². The van der Waals surface area contributed by atoms with E-state index in [9.17, 15) is 18.3 Å². The van der Waals surface area contributed by atoms with Gasteiger partial charge in [0.1, 0.15) is 17.5 Å². The smallest absolute Gasteiger partial charge is 0.267 e. The second-order valence-electron chi connectivity index (χ2n) is 10.7. The highest BCUT2D eigenvalue weighted by molar-refractivity contribution is 7.92. The quantitative estimate of drug-likeness (QED) is 0.401. The summed E-state index contributed by atoms with van der Waals surface area (Å²) in [7, 11) is -1.94. The van der Waals surface area contributed by atoms with E-state index in [4.69, 9.17) is 9.26 Å². The van der Waals surface area contributed by atoms with Gasteiger partial charge in [0, 0.05) is 36.8 Å². The monoisotopic (exact) mass is 570 g/mol. The molecule has 0 saturated carbocycles. The number of hydrogen-bond acceptors (Lipinski definition) is 8. The molecule has 2 N–H and O–H groups in total. The molecule has 0 radical (unpaired) electrons. The fraction of sp³-hybridized carbons (Fsp3) is 0.448. The molecule has 0 aliphatic carbocycles. The average molecular weight is 571 g/mol. The summed E-state index contributed by atoms with van der Waals surface area (Å²) in [5.41, 5.74) is 2.30. The molecular weight excluding hydrogens is 532 g/mol. The number of nitrogens with zero attached hydrogens (tertiary/aromatic N) is 3. The Bertz CT molecular complexity index is 1410. The summed E-state index contributed by atoms with van der Waals surface area (Å²) in [5.74, 6) is 0.510. The zero-order valence-electron chi connectivity index (χ0n) is 23.6. The molecule has 216 valence electrons. The number of ether oxygens (including phenoxy) is 1. The summed E-state index contributed by atoms with van der Waals surface area (Å²) in [5, 5.41) is 13.6. The first-order valence-electron chi connectivity index (χ1n) is 13.4. The molecule has 2 aromatic carbocycles. The zero-order valence-corrected chi connectivity index (χ0v) is 24.4. The average Bonchev–Trinajstić information content (AvgIpc) is 3.27. The Morgan fingerprint density at radius 1 is 1.20 bits per heavy atom. The number of anilines is 1. The number of benzene rings is 2. The predicted molar refractivity (Wildman–Crippen MR) is 152 cm³/mol. The van der Waals surface area contributed by atoms with E-state index in [2.05, 4.69) is 26.9 Å². The number of aryl methyl sites for hydroxylation is 2. The van der Waals surface area contributed by atoms with Gasteiger partial charge in [0.2, 0.25) is 5.91 Å². The topological polar surface area (TPSA) is 125 Å². The van der Waals surface area contributed by atoms with Crippen LogP contribution in [0.25, 0.3) is 0 Å². The van der Waals surface area contributed by atoms with E-state index < -0.39 is 10.0 Å². The van der Waals surface area contributed by atoms with Crippen molar-refractivity contribution in [1.82, 2.24) is 15.0 Å². The van der Waals surface area contributed by atoms with E-state index in [0.29, 0.717) is 30.1 Å². The number of aliphatic hydroxyl groups is 1. The van der Waals surface area contributed by atoms with Crippen LogP contribution in [0.3, 0.4) is 0 Å². The third kappa shape index (κ3) is 6.83. The Labute approximate surface area is 236 Å².